The summed E-state index contributed by atoms with van der Waals surface area (Å²) < 4.78 is 0. The summed E-state index contributed by atoms with van der Waals surface area (Å²) in [7, 11) is 0. The molecule has 0 unspecified atom stereocenters. The Kier molecular flexibility index (Phi) is 8.99. The molecule has 0 spiro atoms. The maximum absolute atomic E-state index is 2.47. The third kappa shape index (κ3) is 6.67. The average Bonchev–Trinajstić information content (AvgIpc) is 3.31. The molecule has 296 valence electrons. The first kappa shape index (κ1) is 36.6. The van der Waals surface area contributed by atoms with Crippen LogP contribution < -0.4 is 9.80 Å². The van der Waals surface area contributed by atoms with Crippen LogP contribution in [-0.2, 0) is 5.41 Å². The summed E-state index contributed by atoms with van der Waals surface area (Å²) >= 11 is 1.84. The summed E-state index contributed by atoms with van der Waals surface area (Å²) in [5.41, 5.74) is 16.4. The minimum Gasteiger partial charge on any atom is -0.311 e. The standard InChI is InChI=1S/C58H48N2S/c1-2-8-43(9-3-1)45-16-26-50(27-17-45)59(51-28-18-46(19-29-51)44-14-24-49(25-15-44)58-37-40-34-41(38-58)36-42(35-40)39-58)52-30-20-47(21-31-52)48-22-32-53(33-23-48)60-54-10-4-6-12-56(54)61-57-13-7-5-11-55(57)60/h1-33,40-42H,34-39H2. The summed E-state index contributed by atoms with van der Waals surface area (Å²) in [5, 5.41) is 0. The number of para-hydroxylation sites is 2. The van der Waals surface area contributed by atoms with E-state index in [-0.39, 0.29) is 0 Å². The SMILES string of the molecule is c1ccc(-c2ccc(N(c3ccc(-c4ccc(N5c6ccccc6Sc6ccccc65)cc4)cc3)c3ccc(-c4ccc(C56CC7CC(CC(C7)C5)C6)cc4)cc3)cc2)cc1. The normalized spacial score (nSPS) is 20.9. The van der Waals surface area contributed by atoms with Gasteiger partial charge in [-0.05, 0) is 173 Å². The van der Waals surface area contributed by atoms with E-state index in [1.165, 1.54) is 93.1 Å². The van der Waals surface area contributed by atoms with Gasteiger partial charge in [0.25, 0.3) is 0 Å². The van der Waals surface area contributed by atoms with Crippen LogP contribution in [0.3, 0.4) is 0 Å². The van der Waals surface area contributed by atoms with Crippen molar-refractivity contribution in [2.45, 2.75) is 53.7 Å². The lowest BCUT2D eigenvalue weighted by Crippen LogP contribution is -2.48. The van der Waals surface area contributed by atoms with Gasteiger partial charge in [0.05, 0.1) is 11.4 Å². The van der Waals surface area contributed by atoms with E-state index in [2.05, 4.69) is 210 Å². The predicted octanol–water partition coefficient (Wildman–Crippen LogP) is 16.6. The van der Waals surface area contributed by atoms with Crippen LogP contribution in [0.1, 0.15) is 44.1 Å². The largest absolute Gasteiger partial charge is 0.311 e. The molecule has 0 N–H and O–H groups in total. The van der Waals surface area contributed by atoms with Crippen LogP contribution in [0, 0.1) is 17.8 Å². The highest BCUT2D eigenvalue weighted by atomic mass is 32.2. The minimum atomic E-state index is 0.430. The van der Waals surface area contributed by atoms with Crippen molar-refractivity contribution < 1.29 is 0 Å². The van der Waals surface area contributed by atoms with Gasteiger partial charge in [-0.15, -0.1) is 0 Å². The van der Waals surface area contributed by atoms with Crippen molar-refractivity contribution >= 4 is 45.9 Å². The monoisotopic (exact) mass is 804 g/mol. The molecule has 3 heteroatoms. The fourth-order valence-electron chi connectivity index (χ4n) is 11.8. The van der Waals surface area contributed by atoms with Gasteiger partial charge in [-0.25, -0.2) is 0 Å². The lowest BCUT2D eigenvalue weighted by atomic mass is 9.48. The highest BCUT2D eigenvalue weighted by Gasteiger charge is 2.51. The molecule has 1 aliphatic heterocycles. The van der Waals surface area contributed by atoms with Gasteiger partial charge in [0, 0.05) is 32.5 Å². The molecule has 8 aromatic carbocycles. The highest BCUT2D eigenvalue weighted by molar-refractivity contribution is 7.99. The van der Waals surface area contributed by atoms with Crippen molar-refractivity contribution in [2.24, 2.45) is 17.8 Å². The molecule has 0 atom stereocenters. The Morgan fingerprint density at radius 2 is 0.738 bits per heavy atom. The number of hydrogen-bond donors (Lipinski definition) is 0. The third-order valence-electron chi connectivity index (χ3n) is 14.2. The second-order valence-corrected chi connectivity index (χ2v) is 19.1. The molecule has 4 saturated carbocycles. The molecular formula is C58H48N2S. The number of benzene rings is 8. The van der Waals surface area contributed by atoms with Crippen molar-refractivity contribution in [1.29, 1.82) is 0 Å². The third-order valence-corrected chi connectivity index (χ3v) is 15.4. The highest BCUT2D eigenvalue weighted by Crippen LogP contribution is 2.61. The van der Waals surface area contributed by atoms with Crippen LogP contribution in [0.25, 0.3) is 33.4 Å². The Balaban J connectivity index is 0.837. The van der Waals surface area contributed by atoms with Crippen molar-refractivity contribution in [3.05, 3.63) is 206 Å². The molecule has 0 amide bonds. The van der Waals surface area contributed by atoms with Crippen molar-refractivity contribution in [3.63, 3.8) is 0 Å². The summed E-state index contributed by atoms with van der Waals surface area (Å²) in [6, 6.07) is 74.0. The summed E-state index contributed by atoms with van der Waals surface area (Å²) in [6.45, 7) is 0. The van der Waals surface area contributed by atoms with Crippen LogP contribution in [0.4, 0.5) is 34.1 Å². The first-order valence-electron chi connectivity index (χ1n) is 22.2. The van der Waals surface area contributed by atoms with Crippen LogP contribution >= 0.6 is 11.8 Å². The Morgan fingerprint density at radius 3 is 1.18 bits per heavy atom. The first-order chi connectivity index (χ1) is 30.1. The quantitative estimate of drug-likeness (QED) is 0.151. The van der Waals surface area contributed by atoms with E-state index in [1.54, 1.807) is 5.56 Å². The van der Waals surface area contributed by atoms with Crippen LogP contribution in [-0.4, -0.2) is 0 Å². The van der Waals surface area contributed by atoms with Crippen LogP contribution in [0.15, 0.2) is 210 Å². The number of hydrogen-bond acceptors (Lipinski definition) is 3. The topological polar surface area (TPSA) is 6.48 Å². The zero-order valence-corrected chi connectivity index (χ0v) is 35.1. The molecule has 4 fully saturated rings. The van der Waals surface area contributed by atoms with Crippen LogP contribution in [0.2, 0.25) is 0 Å². The van der Waals surface area contributed by atoms with Gasteiger partial charge in [0.2, 0.25) is 0 Å². The zero-order chi connectivity index (χ0) is 40.3. The molecule has 0 saturated heterocycles. The van der Waals surface area contributed by atoms with Gasteiger partial charge in [-0.1, -0.05) is 139 Å². The fourth-order valence-corrected chi connectivity index (χ4v) is 12.8. The van der Waals surface area contributed by atoms with E-state index in [1.807, 2.05) is 11.8 Å². The first-order valence-corrected chi connectivity index (χ1v) is 23.0. The van der Waals surface area contributed by atoms with E-state index in [9.17, 15) is 0 Å². The Bertz CT molecular complexity index is 2750. The molecule has 1 heterocycles. The van der Waals surface area contributed by atoms with Gasteiger partial charge in [0.1, 0.15) is 0 Å². The second-order valence-electron chi connectivity index (χ2n) is 18.0. The minimum absolute atomic E-state index is 0.430. The summed E-state index contributed by atoms with van der Waals surface area (Å²) in [6.07, 6.45) is 8.68. The fraction of sp³-hybridized carbons (Fsp3) is 0.172. The molecule has 13 rings (SSSR count). The molecular weight excluding hydrogens is 757 g/mol. The van der Waals surface area contributed by atoms with E-state index >= 15 is 0 Å². The number of fused-ring (bicyclic) bond motifs is 2. The lowest BCUT2D eigenvalue weighted by Gasteiger charge is -2.57. The van der Waals surface area contributed by atoms with Crippen LogP contribution in [0.5, 0.6) is 0 Å². The van der Waals surface area contributed by atoms with Crippen molar-refractivity contribution in [2.75, 3.05) is 9.80 Å². The second kappa shape index (κ2) is 15.0. The van der Waals surface area contributed by atoms with Gasteiger partial charge in [-0.2, -0.15) is 0 Å². The molecule has 0 aromatic heterocycles. The van der Waals surface area contributed by atoms with Gasteiger partial charge < -0.3 is 9.80 Å². The van der Waals surface area contributed by atoms with E-state index < -0.39 is 0 Å². The zero-order valence-electron chi connectivity index (χ0n) is 34.3. The Labute approximate surface area is 364 Å². The number of rotatable bonds is 8. The molecule has 5 aliphatic rings. The van der Waals surface area contributed by atoms with E-state index in [4.69, 9.17) is 0 Å². The van der Waals surface area contributed by atoms with E-state index in [0.29, 0.717) is 5.41 Å². The Hall–Kier alpha value is -6.29. The van der Waals surface area contributed by atoms with Crippen molar-refractivity contribution in [1.82, 2.24) is 0 Å². The molecule has 2 nitrogen and oxygen atoms in total. The molecule has 4 bridgehead atoms. The Morgan fingerprint density at radius 1 is 0.377 bits per heavy atom. The molecule has 61 heavy (non-hydrogen) atoms. The summed E-state index contributed by atoms with van der Waals surface area (Å²) in [5.74, 6) is 2.88. The number of nitrogens with zero attached hydrogens (tertiary/aromatic N) is 2. The lowest BCUT2D eigenvalue weighted by molar-refractivity contribution is -0.00518. The predicted molar refractivity (Wildman–Crippen MR) is 256 cm³/mol. The maximum Gasteiger partial charge on any atom is 0.0601 e. The summed E-state index contributed by atoms with van der Waals surface area (Å²) in [4.78, 5) is 7.32. The van der Waals surface area contributed by atoms with Gasteiger partial charge in [-0.3, -0.25) is 0 Å². The maximum atomic E-state index is 2.47. The number of anilines is 6. The average molecular weight is 805 g/mol. The molecule has 0 radical (unpaired) electrons. The van der Waals surface area contributed by atoms with Gasteiger partial charge in [0.15, 0.2) is 0 Å². The van der Waals surface area contributed by atoms with E-state index in [0.717, 1.165) is 40.5 Å². The molecule has 4 aliphatic carbocycles. The smallest absolute Gasteiger partial charge is 0.0601 e. The van der Waals surface area contributed by atoms with Gasteiger partial charge >= 0.3 is 0 Å². The molecule has 8 aromatic rings. The van der Waals surface area contributed by atoms with Crippen molar-refractivity contribution in [3.8, 4) is 33.4 Å².